The zero-order chi connectivity index (χ0) is 14.8. The number of rotatable bonds is 3. The maximum atomic E-state index is 12.6. The van der Waals surface area contributed by atoms with Crippen LogP contribution in [0.4, 0.5) is 5.69 Å². The number of hydrogen-bond donors (Lipinski definition) is 1. The molecule has 3 heteroatoms. The Morgan fingerprint density at radius 1 is 1.25 bits per heavy atom. The highest BCUT2D eigenvalue weighted by Crippen LogP contribution is 2.38. The van der Waals surface area contributed by atoms with E-state index in [1.165, 1.54) is 12.8 Å². The van der Waals surface area contributed by atoms with Gasteiger partial charge in [-0.3, -0.25) is 4.79 Å². The van der Waals surface area contributed by atoms with Crippen molar-refractivity contribution in [1.82, 2.24) is 4.90 Å². The van der Waals surface area contributed by atoms with Crippen LogP contribution in [-0.2, 0) is 0 Å². The van der Waals surface area contributed by atoms with E-state index < -0.39 is 0 Å². The van der Waals surface area contributed by atoms with Crippen molar-refractivity contribution in [3.63, 3.8) is 0 Å². The van der Waals surface area contributed by atoms with Crippen LogP contribution in [0.5, 0.6) is 0 Å². The molecule has 3 nitrogen and oxygen atoms in total. The third-order valence-electron chi connectivity index (χ3n) is 5.05. The van der Waals surface area contributed by atoms with Crippen molar-refractivity contribution >= 4 is 11.6 Å². The Balaban J connectivity index is 2.10. The number of amides is 1. The molecule has 1 aromatic carbocycles. The Bertz CT molecular complexity index is 482. The quantitative estimate of drug-likeness (QED) is 0.856. The van der Waals surface area contributed by atoms with Gasteiger partial charge < -0.3 is 10.6 Å². The van der Waals surface area contributed by atoms with E-state index in [1.54, 1.807) is 0 Å². The van der Waals surface area contributed by atoms with E-state index in [1.807, 2.05) is 30.0 Å². The zero-order valence-corrected chi connectivity index (χ0v) is 12.9. The summed E-state index contributed by atoms with van der Waals surface area (Å²) in [4.78, 5) is 14.6. The molecular weight excluding hydrogens is 248 g/mol. The molecular formula is C17H26N2O. The molecule has 2 rings (SSSR count). The zero-order valence-electron chi connectivity index (χ0n) is 12.9. The molecule has 110 valence electrons. The number of nitrogens with two attached hydrogens (primary N) is 1. The summed E-state index contributed by atoms with van der Waals surface area (Å²) in [7, 11) is 0. The van der Waals surface area contributed by atoms with Gasteiger partial charge >= 0.3 is 0 Å². The average Bonchev–Trinajstić information content (AvgIpc) is 2.49. The maximum absolute atomic E-state index is 12.6. The lowest BCUT2D eigenvalue weighted by Crippen LogP contribution is -2.43. The first-order chi connectivity index (χ1) is 9.51. The largest absolute Gasteiger partial charge is 0.398 e. The SMILES string of the molecule is CCC1(CC)CCN(C(=O)c2cc(C)ccc2N)CC1. The normalized spacial score (nSPS) is 18.1. The molecule has 0 unspecified atom stereocenters. The van der Waals surface area contributed by atoms with Crippen LogP contribution in [0.3, 0.4) is 0 Å². The van der Waals surface area contributed by atoms with E-state index in [2.05, 4.69) is 13.8 Å². The van der Waals surface area contributed by atoms with E-state index in [0.717, 1.165) is 31.5 Å². The van der Waals surface area contributed by atoms with Crippen LogP contribution in [0.25, 0.3) is 0 Å². The molecule has 1 amide bonds. The highest BCUT2D eigenvalue weighted by atomic mass is 16.2. The van der Waals surface area contributed by atoms with Crippen LogP contribution >= 0.6 is 0 Å². The van der Waals surface area contributed by atoms with Crippen molar-refractivity contribution < 1.29 is 4.79 Å². The molecule has 1 aromatic rings. The molecule has 1 saturated heterocycles. The monoisotopic (exact) mass is 274 g/mol. The maximum Gasteiger partial charge on any atom is 0.255 e. The van der Waals surface area contributed by atoms with Crippen molar-refractivity contribution in [3.05, 3.63) is 29.3 Å². The standard InChI is InChI=1S/C17H26N2O/c1-4-17(5-2)8-10-19(11-9-17)16(20)14-12-13(3)6-7-15(14)18/h6-7,12H,4-5,8-11,18H2,1-3H3. The average molecular weight is 274 g/mol. The van der Waals surface area contributed by atoms with Crippen LogP contribution in [0.15, 0.2) is 18.2 Å². The Hall–Kier alpha value is -1.51. The van der Waals surface area contributed by atoms with Gasteiger partial charge in [0.05, 0.1) is 5.56 Å². The van der Waals surface area contributed by atoms with Gasteiger partial charge in [-0.2, -0.15) is 0 Å². The number of carbonyl (C=O) groups excluding carboxylic acids is 1. The Morgan fingerprint density at radius 3 is 2.40 bits per heavy atom. The molecule has 0 bridgehead atoms. The van der Waals surface area contributed by atoms with Gasteiger partial charge in [0.2, 0.25) is 0 Å². The molecule has 0 aliphatic carbocycles. The van der Waals surface area contributed by atoms with Crippen LogP contribution in [0.2, 0.25) is 0 Å². The number of anilines is 1. The minimum absolute atomic E-state index is 0.0898. The fourth-order valence-corrected chi connectivity index (χ4v) is 3.17. The van der Waals surface area contributed by atoms with Gasteiger partial charge in [-0.25, -0.2) is 0 Å². The lowest BCUT2D eigenvalue weighted by molar-refractivity contribution is 0.0558. The van der Waals surface area contributed by atoms with Crippen molar-refractivity contribution in [3.8, 4) is 0 Å². The molecule has 0 radical (unpaired) electrons. The molecule has 0 saturated carbocycles. The highest BCUT2D eigenvalue weighted by molar-refractivity contribution is 5.99. The first-order valence-electron chi connectivity index (χ1n) is 7.67. The Labute approximate surface area is 122 Å². The molecule has 1 aliphatic heterocycles. The fraction of sp³-hybridized carbons (Fsp3) is 0.588. The summed E-state index contributed by atoms with van der Waals surface area (Å²) < 4.78 is 0. The second kappa shape index (κ2) is 5.86. The number of piperidine rings is 1. The predicted molar refractivity (Wildman–Crippen MR) is 83.7 cm³/mol. The number of hydrogen-bond acceptors (Lipinski definition) is 2. The first kappa shape index (κ1) is 14.9. The summed E-state index contributed by atoms with van der Waals surface area (Å²) in [6.45, 7) is 8.23. The minimum Gasteiger partial charge on any atom is -0.398 e. The van der Waals surface area contributed by atoms with Gasteiger partial charge in [-0.05, 0) is 37.3 Å². The summed E-state index contributed by atoms with van der Waals surface area (Å²) in [6.07, 6.45) is 4.63. The van der Waals surface area contributed by atoms with Gasteiger partial charge in [0.15, 0.2) is 0 Å². The Kier molecular flexibility index (Phi) is 4.36. The molecule has 0 atom stereocenters. The van der Waals surface area contributed by atoms with Crippen LogP contribution < -0.4 is 5.73 Å². The van der Waals surface area contributed by atoms with Crippen molar-refractivity contribution in [1.29, 1.82) is 0 Å². The van der Waals surface area contributed by atoms with E-state index in [0.29, 0.717) is 16.7 Å². The summed E-state index contributed by atoms with van der Waals surface area (Å²) in [5.41, 5.74) is 8.72. The summed E-state index contributed by atoms with van der Waals surface area (Å²) in [6, 6.07) is 5.68. The molecule has 20 heavy (non-hydrogen) atoms. The third-order valence-corrected chi connectivity index (χ3v) is 5.05. The lowest BCUT2D eigenvalue weighted by atomic mass is 9.74. The summed E-state index contributed by atoms with van der Waals surface area (Å²) >= 11 is 0. The minimum atomic E-state index is 0.0898. The number of likely N-dealkylation sites (tertiary alicyclic amines) is 1. The van der Waals surface area contributed by atoms with Crippen molar-refractivity contribution in [2.24, 2.45) is 5.41 Å². The van der Waals surface area contributed by atoms with Crippen molar-refractivity contribution in [2.45, 2.75) is 46.5 Å². The highest BCUT2D eigenvalue weighted by Gasteiger charge is 2.33. The number of benzene rings is 1. The van der Waals surface area contributed by atoms with E-state index >= 15 is 0 Å². The van der Waals surface area contributed by atoms with Crippen LogP contribution in [0, 0.1) is 12.3 Å². The van der Waals surface area contributed by atoms with Crippen LogP contribution in [0.1, 0.15) is 55.5 Å². The topological polar surface area (TPSA) is 46.3 Å². The lowest BCUT2D eigenvalue weighted by Gasteiger charge is -2.41. The Morgan fingerprint density at radius 2 is 1.85 bits per heavy atom. The van der Waals surface area contributed by atoms with Gasteiger partial charge in [0.1, 0.15) is 0 Å². The first-order valence-corrected chi connectivity index (χ1v) is 7.67. The molecule has 1 heterocycles. The molecule has 0 spiro atoms. The summed E-state index contributed by atoms with van der Waals surface area (Å²) in [5, 5.41) is 0. The second-order valence-electron chi connectivity index (χ2n) is 6.09. The van der Waals surface area contributed by atoms with Crippen LogP contribution in [-0.4, -0.2) is 23.9 Å². The number of carbonyl (C=O) groups is 1. The van der Waals surface area contributed by atoms with E-state index in [-0.39, 0.29) is 5.91 Å². The fourth-order valence-electron chi connectivity index (χ4n) is 3.17. The number of nitrogen functional groups attached to an aromatic ring is 1. The smallest absolute Gasteiger partial charge is 0.255 e. The third kappa shape index (κ3) is 2.82. The van der Waals surface area contributed by atoms with Gasteiger partial charge in [0.25, 0.3) is 5.91 Å². The molecule has 1 fully saturated rings. The summed E-state index contributed by atoms with van der Waals surface area (Å²) in [5.74, 6) is 0.0898. The van der Waals surface area contributed by atoms with Gasteiger partial charge in [0, 0.05) is 18.8 Å². The van der Waals surface area contributed by atoms with Crippen molar-refractivity contribution in [2.75, 3.05) is 18.8 Å². The predicted octanol–water partition coefficient (Wildman–Crippen LogP) is 3.62. The second-order valence-corrected chi connectivity index (χ2v) is 6.09. The molecule has 2 N–H and O–H groups in total. The molecule has 1 aliphatic rings. The number of aryl methyl sites for hydroxylation is 1. The number of nitrogens with zero attached hydrogens (tertiary/aromatic N) is 1. The van der Waals surface area contributed by atoms with Gasteiger partial charge in [-0.1, -0.05) is 38.3 Å². The van der Waals surface area contributed by atoms with E-state index in [9.17, 15) is 4.79 Å². The van der Waals surface area contributed by atoms with Gasteiger partial charge in [-0.15, -0.1) is 0 Å². The molecule has 0 aromatic heterocycles. The van der Waals surface area contributed by atoms with E-state index in [4.69, 9.17) is 5.73 Å².